The molecule has 3 heteroatoms. The van der Waals surface area contributed by atoms with Crippen molar-refractivity contribution in [3.05, 3.63) is 0 Å². The first kappa shape index (κ1) is 9.52. The Bertz CT molecular complexity index is 179. The van der Waals surface area contributed by atoms with Crippen molar-refractivity contribution >= 4 is 5.71 Å². The van der Waals surface area contributed by atoms with E-state index >= 15 is 0 Å². The zero-order valence-electron chi connectivity index (χ0n) is 8.18. The third kappa shape index (κ3) is 1.78. The number of oxime groups is 1. The van der Waals surface area contributed by atoms with Crippen LogP contribution in [-0.4, -0.2) is 24.9 Å². The zero-order chi connectivity index (χ0) is 9.03. The van der Waals surface area contributed by atoms with Gasteiger partial charge in [-0.25, -0.2) is 0 Å². The number of hydrogen-bond donors (Lipinski definition) is 1. The monoisotopic (exact) mass is 170 g/mol. The van der Waals surface area contributed by atoms with Gasteiger partial charge in [0.25, 0.3) is 0 Å². The Balaban J connectivity index is 2.52. The first-order chi connectivity index (χ1) is 5.76. The standard InChI is InChI=1S/C9H18N2O/c1-4-8-6-9(5-2,7-10-3)12-11-8/h10H,4-7H2,1-3H3. The number of likely N-dealkylation sites (N-methyl/N-ethyl adjacent to an activating group) is 1. The van der Waals surface area contributed by atoms with Crippen molar-refractivity contribution < 1.29 is 4.84 Å². The molecular formula is C9H18N2O. The lowest BCUT2D eigenvalue weighted by molar-refractivity contribution is -0.0191. The highest BCUT2D eigenvalue weighted by atomic mass is 16.7. The summed E-state index contributed by atoms with van der Waals surface area (Å²) in [6.45, 7) is 5.15. The van der Waals surface area contributed by atoms with Crippen LogP contribution < -0.4 is 5.32 Å². The van der Waals surface area contributed by atoms with Gasteiger partial charge in [0.05, 0.1) is 5.71 Å². The summed E-state index contributed by atoms with van der Waals surface area (Å²) in [7, 11) is 1.95. The van der Waals surface area contributed by atoms with Gasteiger partial charge < -0.3 is 10.2 Å². The summed E-state index contributed by atoms with van der Waals surface area (Å²) in [6, 6.07) is 0. The van der Waals surface area contributed by atoms with E-state index in [1.54, 1.807) is 0 Å². The van der Waals surface area contributed by atoms with Gasteiger partial charge in [-0.1, -0.05) is 19.0 Å². The average molecular weight is 170 g/mol. The Labute approximate surface area is 74.2 Å². The number of nitrogens with zero attached hydrogens (tertiary/aromatic N) is 1. The van der Waals surface area contributed by atoms with E-state index in [9.17, 15) is 0 Å². The lowest BCUT2D eigenvalue weighted by atomic mass is 9.93. The largest absolute Gasteiger partial charge is 0.388 e. The SMILES string of the molecule is CCC1=NOC(CC)(CNC)C1. The number of nitrogens with one attached hydrogen (secondary N) is 1. The van der Waals surface area contributed by atoms with Gasteiger partial charge in [-0.2, -0.15) is 0 Å². The maximum Gasteiger partial charge on any atom is 0.155 e. The highest BCUT2D eigenvalue weighted by molar-refractivity contribution is 5.85. The highest BCUT2D eigenvalue weighted by Crippen LogP contribution is 2.27. The molecule has 1 atom stereocenters. The van der Waals surface area contributed by atoms with E-state index in [1.165, 1.54) is 5.71 Å². The molecule has 12 heavy (non-hydrogen) atoms. The minimum Gasteiger partial charge on any atom is -0.388 e. The van der Waals surface area contributed by atoms with E-state index in [4.69, 9.17) is 4.84 Å². The van der Waals surface area contributed by atoms with E-state index in [0.717, 1.165) is 25.8 Å². The fourth-order valence-electron chi connectivity index (χ4n) is 1.52. The molecule has 1 aliphatic rings. The average Bonchev–Trinajstić information content (AvgIpc) is 2.50. The lowest BCUT2D eigenvalue weighted by Crippen LogP contribution is -2.38. The molecule has 0 saturated carbocycles. The summed E-state index contributed by atoms with van der Waals surface area (Å²) in [5.41, 5.74) is 1.13. The molecule has 1 aliphatic heterocycles. The van der Waals surface area contributed by atoms with Gasteiger partial charge in [0.2, 0.25) is 0 Å². The smallest absolute Gasteiger partial charge is 0.155 e. The summed E-state index contributed by atoms with van der Waals surface area (Å²) >= 11 is 0. The molecule has 0 aromatic heterocycles. The molecule has 0 saturated heterocycles. The first-order valence-corrected chi connectivity index (χ1v) is 4.65. The second-order valence-electron chi connectivity index (χ2n) is 3.35. The second kappa shape index (κ2) is 3.90. The fraction of sp³-hybridized carbons (Fsp3) is 0.889. The topological polar surface area (TPSA) is 33.6 Å². The molecule has 0 aliphatic carbocycles. The minimum absolute atomic E-state index is 0.0555. The van der Waals surface area contributed by atoms with Crippen molar-refractivity contribution in [1.82, 2.24) is 5.32 Å². The molecule has 0 bridgehead atoms. The normalized spacial score (nSPS) is 28.4. The van der Waals surface area contributed by atoms with Crippen LogP contribution in [0.25, 0.3) is 0 Å². The lowest BCUT2D eigenvalue weighted by Gasteiger charge is -2.24. The second-order valence-corrected chi connectivity index (χ2v) is 3.35. The molecule has 1 rings (SSSR count). The van der Waals surface area contributed by atoms with Crippen molar-refractivity contribution in [3.8, 4) is 0 Å². The number of hydrogen-bond acceptors (Lipinski definition) is 3. The predicted octanol–water partition coefficient (Wildman–Crippen LogP) is 1.54. The van der Waals surface area contributed by atoms with Gasteiger partial charge in [-0.05, 0) is 19.9 Å². The molecule has 0 aromatic rings. The fourth-order valence-corrected chi connectivity index (χ4v) is 1.52. The summed E-state index contributed by atoms with van der Waals surface area (Å²) in [5, 5.41) is 7.22. The van der Waals surface area contributed by atoms with Crippen LogP contribution >= 0.6 is 0 Å². The molecule has 1 heterocycles. The van der Waals surface area contributed by atoms with Crippen molar-refractivity contribution in [3.63, 3.8) is 0 Å². The maximum atomic E-state index is 5.46. The van der Waals surface area contributed by atoms with Crippen LogP contribution in [0.5, 0.6) is 0 Å². The molecule has 1 unspecified atom stereocenters. The first-order valence-electron chi connectivity index (χ1n) is 4.65. The molecule has 70 valence electrons. The Kier molecular flexibility index (Phi) is 3.09. The maximum absolute atomic E-state index is 5.46. The van der Waals surface area contributed by atoms with Gasteiger partial charge in [0, 0.05) is 13.0 Å². The quantitative estimate of drug-likeness (QED) is 0.694. The van der Waals surface area contributed by atoms with Crippen LogP contribution in [0.1, 0.15) is 33.1 Å². The van der Waals surface area contributed by atoms with Crippen molar-refractivity contribution in [2.75, 3.05) is 13.6 Å². The van der Waals surface area contributed by atoms with Crippen LogP contribution in [0, 0.1) is 0 Å². The Morgan fingerprint density at radius 2 is 2.33 bits per heavy atom. The van der Waals surface area contributed by atoms with Crippen LogP contribution in [0.15, 0.2) is 5.16 Å². The van der Waals surface area contributed by atoms with E-state index in [0.29, 0.717) is 0 Å². The highest BCUT2D eigenvalue weighted by Gasteiger charge is 2.35. The Hall–Kier alpha value is -0.570. The summed E-state index contributed by atoms with van der Waals surface area (Å²) in [5.74, 6) is 0. The Morgan fingerprint density at radius 1 is 1.58 bits per heavy atom. The predicted molar refractivity (Wildman–Crippen MR) is 50.4 cm³/mol. The molecule has 0 amide bonds. The van der Waals surface area contributed by atoms with E-state index < -0.39 is 0 Å². The molecule has 3 nitrogen and oxygen atoms in total. The third-order valence-electron chi connectivity index (χ3n) is 2.45. The van der Waals surface area contributed by atoms with Crippen molar-refractivity contribution in [2.24, 2.45) is 5.16 Å². The minimum atomic E-state index is -0.0555. The molecule has 0 aromatic carbocycles. The van der Waals surface area contributed by atoms with Gasteiger partial charge in [-0.15, -0.1) is 0 Å². The zero-order valence-corrected chi connectivity index (χ0v) is 8.18. The molecule has 0 spiro atoms. The van der Waals surface area contributed by atoms with Crippen LogP contribution in [-0.2, 0) is 4.84 Å². The third-order valence-corrected chi connectivity index (χ3v) is 2.45. The number of rotatable bonds is 4. The Morgan fingerprint density at radius 3 is 2.75 bits per heavy atom. The van der Waals surface area contributed by atoms with E-state index in [1.807, 2.05) is 7.05 Å². The van der Waals surface area contributed by atoms with Crippen molar-refractivity contribution in [2.45, 2.75) is 38.7 Å². The summed E-state index contributed by atoms with van der Waals surface area (Å²) in [6.07, 6.45) is 3.01. The summed E-state index contributed by atoms with van der Waals surface area (Å²) in [4.78, 5) is 5.46. The molecule has 0 radical (unpaired) electrons. The molecule has 0 fully saturated rings. The van der Waals surface area contributed by atoms with Crippen molar-refractivity contribution in [1.29, 1.82) is 0 Å². The molecular weight excluding hydrogens is 152 g/mol. The molecule has 1 N–H and O–H groups in total. The van der Waals surface area contributed by atoms with Gasteiger partial charge in [0.15, 0.2) is 5.60 Å². The van der Waals surface area contributed by atoms with Crippen LogP contribution in [0.3, 0.4) is 0 Å². The van der Waals surface area contributed by atoms with Crippen LogP contribution in [0.4, 0.5) is 0 Å². The van der Waals surface area contributed by atoms with Gasteiger partial charge >= 0.3 is 0 Å². The van der Waals surface area contributed by atoms with Gasteiger partial charge in [-0.3, -0.25) is 0 Å². The van der Waals surface area contributed by atoms with E-state index in [2.05, 4.69) is 24.3 Å². The van der Waals surface area contributed by atoms with E-state index in [-0.39, 0.29) is 5.60 Å². The van der Waals surface area contributed by atoms with Crippen LogP contribution in [0.2, 0.25) is 0 Å². The van der Waals surface area contributed by atoms with Gasteiger partial charge in [0.1, 0.15) is 0 Å². The summed E-state index contributed by atoms with van der Waals surface area (Å²) < 4.78 is 0.